The zero-order chi connectivity index (χ0) is 20.5. The molecule has 1 aromatic carbocycles. The van der Waals surface area contributed by atoms with Crippen LogP contribution in [0.4, 0.5) is 5.82 Å². The van der Waals surface area contributed by atoms with Crippen molar-refractivity contribution in [3.05, 3.63) is 51.7 Å². The Balaban J connectivity index is 1.99. The maximum Gasteiger partial charge on any atom is 0.410 e. The van der Waals surface area contributed by atoms with E-state index in [0.29, 0.717) is 12.8 Å². The number of nitrogens with one attached hydrogen (secondary N) is 1. The number of esters is 1. The van der Waals surface area contributed by atoms with Gasteiger partial charge < -0.3 is 14.9 Å². The SMILES string of the molecule is CCn1cc(S(=O)(=O)NC(C(=O)OC)C2CCc3ccccc32)c([N+](=O)[O-])n1. The first-order chi connectivity index (χ1) is 13.3. The summed E-state index contributed by atoms with van der Waals surface area (Å²) in [7, 11) is -3.23. The first-order valence-corrected chi connectivity index (χ1v) is 10.2. The van der Waals surface area contributed by atoms with Gasteiger partial charge in [-0.2, -0.15) is 9.40 Å². The fourth-order valence-corrected chi connectivity index (χ4v) is 4.80. The van der Waals surface area contributed by atoms with Gasteiger partial charge in [0.05, 0.1) is 25.0 Å². The Labute approximate surface area is 161 Å². The molecule has 1 aliphatic carbocycles. The lowest BCUT2D eigenvalue weighted by molar-refractivity contribution is -0.392. The summed E-state index contributed by atoms with van der Waals surface area (Å²) in [4.78, 5) is 22.2. The minimum Gasteiger partial charge on any atom is -0.468 e. The van der Waals surface area contributed by atoms with Gasteiger partial charge in [-0.15, -0.1) is 0 Å². The molecule has 1 aliphatic rings. The van der Waals surface area contributed by atoms with E-state index in [0.717, 1.165) is 22.0 Å². The molecule has 0 spiro atoms. The third-order valence-corrected chi connectivity index (χ3v) is 6.25. The Kier molecular flexibility index (Phi) is 5.47. The number of nitro groups is 1. The van der Waals surface area contributed by atoms with Crippen molar-refractivity contribution >= 4 is 21.8 Å². The number of ether oxygens (including phenoxy) is 1. The molecular formula is C17H20N4O6S. The Morgan fingerprint density at radius 3 is 2.82 bits per heavy atom. The molecule has 0 saturated heterocycles. The zero-order valence-electron chi connectivity index (χ0n) is 15.4. The van der Waals surface area contributed by atoms with Crippen LogP contribution in [0.25, 0.3) is 0 Å². The number of methoxy groups -OCH3 is 1. The van der Waals surface area contributed by atoms with Crippen LogP contribution in [0.3, 0.4) is 0 Å². The molecule has 0 radical (unpaired) electrons. The van der Waals surface area contributed by atoms with E-state index in [9.17, 15) is 23.3 Å². The van der Waals surface area contributed by atoms with Gasteiger partial charge >= 0.3 is 11.8 Å². The molecule has 0 bridgehead atoms. The van der Waals surface area contributed by atoms with Crippen molar-refractivity contribution in [2.24, 2.45) is 0 Å². The smallest absolute Gasteiger partial charge is 0.410 e. The molecule has 150 valence electrons. The molecule has 1 aromatic heterocycles. The predicted octanol–water partition coefficient (Wildman–Crippen LogP) is 1.36. The monoisotopic (exact) mass is 408 g/mol. The second-order valence-electron chi connectivity index (χ2n) is 6.40. The second kappa shape index (κ2) is 7.68. The second-order valence-corrected chi connectivity index (χ2v) is 8.08. The Bertz CT molecular complexity index is 1020. The Morgan fingerprint density at radius 2 is 2.18 bits per heavy atom. The van der Waals surface area contributed by atoms with Gasteiger partial charge in [0.25, 0.3) is 10.0 Å². The van der Waals surface area contributed by atoms with Gasteiger partial charge in [-0.1, -0.05) is 24.3 Å². The number of hydrogen-bond donors (Lipinski definition) is 1. The molecule has 10 nitrogen and oxygen atoms in total. The third-order valence-electron chi connectivity index (χ3n) is 4.82. The number of aromatic nitrogens is 2. The van der Waals surface area contributed by atoms with E-state index in [1.807, 2.05) is 24.3 Å². The van der Waals surface area contributed by atoms with Crippen LogP contribution in [0.1, 0.15) is 30.4 Å². The van der Waals surface area contributed by atoms with Gasteiger partial charge in [-0.05, 0) is 35.8 Å². The first-order valence-electron chi connectivity index (χ1n) is 8.68. The first kappa shape index (κ1) is 20.0. The largest absolute Gasteiger partial charge is 0.468 e. The van der Waals surface area contributed by atoms with E-state index in [1.54, 1.807) is 6.92 Å². The molecular weight excluding hydrogens is 388 g/mol. The minimum absolute atomic E-state index is 0.257. The lowest BCUT2D eigenvalue weighted by Crippen LogP contribution is -2.45. The standard InChI is InChI=1S/C17H20N4O6S/c1-3-20-10-14(16(18-20)21(23)24)28(25,26)19-15(17(22)27-2)13-9-8-11-6-4-5-7-12(11)13/h4-7,10,13,15,19H,3,8-9H2,1-2H3. The minimum atomic E-state index is -4.40. The number of nitrogens with zero attached hydrogens (tertiary/aromatic N) is 3. The van der Waals surface area contributed by atoms with Crippen LogP contribution in [-0.2, 0) is 32.5 Å². The van der Waals surface area contributed by atoms with E-state index >= 15 is 0 Å². The highest BCUT2D eigenvalue weighted by atomic mass is 32.2. The van der Waals surface area contributed by atoms with Crippen molar-refractivity contribution in [3.63, 3.8) is 0 Å². The van der Waals surface area contributed by atoms with E-state index in [2.05, 4.69) is 9.82 Å². The molecule has 3 rings (SSSR count). The summed E-state index contributed by atoms with van der Waals surface area (Å²) in [6.07, 6.45) is 2.33. The van der Waals surface area contributed by atoms with E-state index in [4.69, 9.17) is 4.74 Å². The highest BCUT2D eigenvalue weighted by molar-refractivity contribution is 7.89. The quantitative estimate of drug-likeness (QED) is 0.415. The van der Waals surface area contributed by atoms with Crippen LogP contribution in [0, 0.1) is 10.1 Å². The summed E-state index contributed by atoms with van der Waals surface area (Å²) < 4.78 is 34.1. The topological polar surface area (TPSA) is 133 Å². The summed E-state index contributed by atoms with van der Waals surface area (Å²) in [6.45, 7) is 1.93. The molecule has 2 unspecified atom stereocenters. The summed E-state index contributed by atoms with van der Waals surface area (Å²) in [6, 6.07) is 6.25. The lowest BCUT2D eigenvalue weighted by Gasteiger charge is -2.22. The maximum absolute atomic E-state index is 12.9. The molecule has 1 N–H and O–H groups in total. The third kappa shape index (κ3) is 3.62. The van der Waals surface area contributed by atoms with Crippen molar-refractivity contribution in [2.45, 2.75) is 43.2 Å². The summed E-state index contributed by atoms with van der Waals surface area (Å²) in [5.74, 6) is -1.97. The van der Waals surface area contributed by atoms with Crippen LogP contribution in [0.2, 0.25) is 0 Å². The molecule has 28 heavy (non-hydrogen) atoms. The molecule has 0 aliphatic heterocycles. The highest BCUT2D eigenvalue weighted by Gasteiger charge is 2.40. The molecule has 2 aromatic rings. The van der Waals surface area contributed by atoms with Crippen LogP contribution in [0.15, 0.2) is 35.4 Å². The van der Waals surface area contributed by atoms with Crippen LogP contribution >= 0.6 is 0 Å². The van der Waals surface area contributed by atoms with Crippen LogP contribution in [0.5, 0.6) is 0 Å². The lowest BCUT2D eigenvalue weighted by atomic mass is 9.94. The van der Waals surface area contributed by atoms with E-state index in [-0.39, 0.29) is 6.54 Å². The number of rotatable bonds is 7. The summed E-state index contributed by atoms with van der Waals surface area (Å²) in [5.41, 5.74) is 1.89. The van der Waals surface area contributed by atoms with Gasteiger partial charge in [-0.3, -0.25) is 4.79 Å². The van der Waals surface area contributed by atoms with Gasteiger partial charge in [0.2, 0.25) is 4.90 Å². The van der Waals surface area contributed by atoms with Crippen molar-refractivity contribution in [1.82, 2.24) is 14.5 Å². The predicted molar refractivity (Wildman–Crippen MR) is 98.2 cm³/mol. The molecule has 1 heterocycles. The summed E-state index contributed by atoms with van der Waals surface area (Å²) in [5, 5.41) is 14.9. The fraction of sp³-hybridized carbons (Fsp3) is 0.412. The Morgan fingerprint density at radius 1 is 1.46 bits per heavy atom. The number of carbonyl (C=O) groups is 1. The molecule has 2 atom stereocenters. The fourth-order valence-electron chi connectivity index (χ4n) is 3.46. The normalized spacial score (nSPS) is 17.1. The summed E-state index contributed by atoms with van der Waals surface area (Å²) >= 11 is 0. The number of fused-ring (bicyclic) bond motifs is 1. The number of sulfonamides is 1. The van der Waals surface area contributed by atoms with Crippen LogP contribution < -0.4 is 4.72 Å². The highest BCUT2D eigenvalue weighted by Crippen LogP contribution is 2.36. The number of benzene rings is 1. The van der Waals surface area contributed by atoms with E-state index in [1.165, 1.54) is 7.11 Å². The van der Waals surface area contributed by atoms with Gasteiger partial charge in [-0.25, -0.2) is 8.42 Å². The molecule has 0 fully saturated rings. The number of hydrogen-bond acceptors (Lipinski definition) is 7. The Hall–Kier alpha value is -2.79. The molecule has 0 amide bonds. The van der Waals surface area contributed by atoms with Gasteiger partial charge in [0.15, 0.2) is 0 Å². The average molecular weight is 408 g/mol. The van der Waals surface area contributed by atoms with E-state index < -0.39 is 43.6 Å². The van der Waals surface area contributed by atoms with Crippen molar-refractivity contribution in [1.29, 1.82) is 0 Å². The van der Waals surface area contributed by atoms with Crippen molar-refractivity contribution in [2.75, 3.05) is 7.11 Å². The zero-order valence-corrected chi connectivity index (χ0v) is 16.2. The molecule has 0 saturated carbocycles. The van der Waals surface area contributed by atoms with Gasteiger partial charge in [0.1, 0.15) is 6.04 Å². The van der Waals surface area contributed by atoms with Crippen LogP contribution in [-0.4, -0.2) is 42.2 Å². The van der Waals surface area contributed by atoms with Crippen molar-refractivity contribution in [3.8, 4) is 0 Å². The van der Waals surface area contributed by atoms with Gasteiger partial charge in [0, 0.05) is 5.92 Å². The maximum atomic E-state index is 12.9. The van der Waals surface area contributed by atoms with Crippen molar-refractivity contribution < 1.29 is 22.9 Å². The average Bonchev–Trinajstić information content (AvgIpc) is 3.30. The number of carbonyl (C=O) groups excluding carboxylic acids is 1. The number of aryl methyl sites for hydroxylation is 2. The molecule has 11 heteroatoms.